The molecule has 2 fully saturated rings. The summed E-state index contributed by atoms with van der Waals surface area (Å²) in [5.41, 5.74) is 1.16. The van der Waals surface area contributed by atoms with E-state index in [-0.39, 0.29) is 12.0 Å². The minimum absolute atomic E-state index is 0.201. The summed E-state index contributed by atoms with van der Waals surface area (Å²) in [6.45, 7) is 5.41. The zero-order chi connectivity index (χ0) is 15.8. The van der Waals surface area contributed by atoms with Gasteiger partial charge < -0.3 is 9.64 Å². The molecule has 3 aliphatic heterocycles. The summed E-state index contributed by atoms with van der Waals surface area (Å²) in [7, 11) is 0. The Bertz CT molecular complexity index is 563. The lowest BCUT2D eigenvalue weighted by molar-refractivity contribution is -0.139. The predicted molar refractivity (Wildman–Crippen MR) is 89.6 cm³/mol. The fraction of sp³-hybridized carbons (Fsp3) is 0.632. The third-order valence-corrected chi connectivity index (χ3v) is 5.77. The lowest BCUT2D eigenvalue weighted by atomic mass is 10.0. The van der Waals surface area contributed by atoms with E-state index in [9.17, 15) is 4.79 Å². The summed E-state index contributed by atoms with van der Waals surface area (Å²) in [6, 6.07) is 8.97. The van der Waals surface area contributed by atoms with Crippen molar-refractivity contribution in [2.24, 2.45) is 0 Å². The SMILES string of the molecule is CCN1CCC[C@@H]1[C@H]1CCCN1C(=O)[C@H]1Cc2ccccc2O1. The highest BCUT2D eigenvalue weighted by molar-refractivity contribution is 5.83. The van der Waals surface area contributed by atoms with Gasteiger partial charge in [0.1, 0.15) is 5.75 Å². The van der Waals surface area contributed by atoms with Crippen LogP contribution in [0.3, 0.4) is 0 Å². The number of rotatable bonds is 3. The van der Waals surface area contributed by atoms with Gasteiger partial charge >= 0.3 is 0 Å². The van der Waals surface area contributed by atoms with E-state index < -0.39 is 0 Å². The highest BCUT2D eigenvalue weighted by Crippen LogP contribution is 2.33. The molecule has 0 unspecified atom stereocenters. The van der Waals surface area contributed by atoms with Gasteiger partial charge in [0.25, 0.3) is 5.91 Å². The standard InChI is InChI=1S/C19H26N2O2/c1-2-20-11-5-8-15(20)16-9-6-12-21(16)19(22)18-13-14-7-3-4-10-17(14)23-18/h3-4,7,10,15-16,18H,2,5-6,8-9,11-13H2,1H3/t15-,16-,18-/m1/s1. The van der Waals surface area contributed by atoms with E-state index in [0.717, 1.165) is 43.7 Å². The number of fused-ring (bicyclic) bond motifs is 1. The van der Waals surface area contributed by atoms with Gasteiger partial charge in [0.2, 0.25) is 0 Å². The maximum absolute atomic E-state index is 13.1. The molecular formula is C19H26N2O2. The third-order valence-electron chi connectivity index (χ3n) is 5.77. The lowest BCUT2D eigenvalue weighted by Crippen LogP contribution is -2.51. The molecule has 23 heavy (non-hydrogen) atoms. The van der Waals surface area contributed by atoms with Gasteiger partial charge in [-0.05, 0) is 50.4 Å². The molecule has 0 aromatic heterocycles. The molecule has 1 aromatic rings. The Morgan fingerprint density at radius 1 is 1.17 bits per heavy atom. The van der Waals surface area contributed by atoms with Crippen molar-refractivity contribution < 1.29 is 9.53 Å². The van der Waals surface area contributed by atoms with Crippen molar-refractivity contribution >= 4 is 5.91 Å². The largest absolute Gasteiger partial charge is 0.480 e. The number of likely N-dealkylation sites (tertiary alicyclic amines) is 2. The Balaban J connectivity index is 1.48. The average molecular weight is 314 g/mol. The van der Waals surface area contributed by atoms with Crippen LogP contribution in [0.15, 0.2) is 24.3 Å². The minimum Gasteiger partial charge on any atom is -0.480 e. The molecule has 4 heteroatoms. The minimum atomic E-state index is -0.315. The zero-order valence-electron chi connectivity index (χ0n) is 13.9. The van der Waals surface area contributed by atoms with Crippen molar-refractivity contribution in [1.29, 1.82) is 0 Å². The van der Waals surface area contributed by atoms with Crippen LogP contribution in [-0.4, -0.2) is 53.5 Å². The molecule has 0 bridgehead atoms. The summed E-state index contributed by atoms with van der Waals surface area (Å²) < 4.78 is 5.94. The van der Waals surface area contributed by atoms with Crippen LogP contribution in [0.2, 0.25) is 0 Å². The molecule has 3 heterocycles. The number of amides is 1. The summed E-state index contributed by atoms with van der Waals surface area (Å²) in [6.07, 6.45) is 5.18. The second-order valence-corrected chi connectivity index (χ2v) is 7.00. The molecule has 4 nitrogen and oxygen atoms in total. The summed E-state index contributed by atoms with van der Waals surface area (Å²) >= 11 is 0. The van der Waals surface area contributed by atoms with Crippen molar-refractivity contribution in [3.05, 3.63) is 29.8 Å². The van der Waals surface area contributed by atoms with Crippen molar-refractivity contribution in [3.63, 3.8) is 0 Å². The number of hydrogen-bond donors (Lipinski definition) is 0. The summed E-state index contributed by atoms with van der Waals surface area (Å²) in [5.74, 6) is 1.09. The molecule has 0 N–H and O–H groups in total. The van der Waals surface area contributed by atoms with E-state index >= 15 is 0 Å². The number of para-hydroxylation sites is 1. The fourth-order valence-electron chi connectivity index (χ4n) is 4.65. The van der Waals surface area contributed by atoms with Gasteiger partial charge in [-0.25, -0.2) is 0 Å². The fourth-order valence-corrected chi connectivity index (χ4v) is 4.65. The Labute approximate surface area is 138 Å². The van der Waals surface area contributed by atoms with Crippen LogP contribution in [0.5, 0.6) is 5.75 Å². The van der Waals surface area contributed by atoms with Gasteiger partial charge in [-0.2, -0.15) is 0 Å². The molecule has 3 aliphatic rings. The van der Waals surface area contributed by atoms with Crippen LogP contribution in [0.25, 0.3) is 0 Å². The van der Waals surface area contributed by atoms with Crippen molar-refractivity contribution in [2.45, 2.75) is 57.2 Å². The number of benzene rings is 1. The van der Waals surface area contributed by atoms with Gasteiger partial charge in [0, 0.05) is 25.0 Å². The van der Waals surface area contributed by atoms with Crippen LogP contribution in [-0.2, 0) is 11.2 Å². The van der Waals surface area contributed by atoms with Crippen LogP contribution >= 0.6 is 0 Å². The van der Waals surface area contributed by atoms with Crippen LogP contribution in [0.1, 0.15) is 38.2 Å². The molecule has 3 atom stereocenters. The average Bonchev–Trinajstić information content (AvgIpc) is 3.30. The van der Waals surface area contributed by atoms with Crippen molar-refractivity contribution in [1.82, 2.24) is 9.80 Å². The quantitative estimate of drug-likeness (QED) is 0.859. The van der Waals surface area contributed by atoms with E-state index in [4.69, 9.17) is 4.74 Å². The molecule has 0 radical (unpaired) electrons. The molecule has 1 aromatic carbocycles. The second kappa shape index (κ2) is 6.16. The highest BCUT2D eigenvalue weighted by atomic mass is 16.5. The molecule has 0 saturated carbocycles. The van der Waals surface area contributed by atoms with Crippen LogP contribution < -0.4 is 4.74 Å². The van der Waals surface area contributed by atoms with Gasteiger partial charge in [0.15, 0.2) is 6.10 Å². The summed E-state index contributed by atoms with van der Waals surface area (Å²) in [5, 5.41) is 0. The van der Waals surface area contributed by atoms with E-state index in [1.807, 2.05) is 18.2 Å². The lowest BCUT2D eigenvalue weighted by Gasteiger charge is -2.35. The molecular weight excluding hydrogens is 288 g/mol. The monoisotopic (exact) mass is 314 g/mol. The smallest absolute Gasteiger partial charge is 0.264 e. The molecule has 1 amide bonds. The molecule has 0 spiro atoms. The number of carbonyl (C=O) groups excluding carboxylic acids is 1. The van der Waals surface area contributed by atoms with Crippen LogP contribution in [0.4, 0.5) is 0 Å². The maximum atomic E-state index is 13.1. The molecule has 0 aliphatic carbocycles. The first kappa shape index (κ1) is 15.0. The number of carbonyl (C=O) groups is 1. The van der Waals surface area contributed by atoms with Crippen LogP contribution in [0, 0.1) is 0 Å². The van der Waals surface area contributed by atoms with Crippen molar-refractivity contribution in [2.75, 3.05) is 19.6 Å². The first-order valence-corrected chi connectivity index (χ1v) is 9.07. The normalized spacial score (nSPS) is 30.5. The Morgan fingerprint density at radius 3 is 2.78 bits per heavy atom. The molecule has 4 rings (SSSR count). The Kier molecular flexibility index (Phi) is 4.02. The maximum Gasteiger partial charge on any atom is 0.264 e. The van der Waals surface area contributed by atoms with Crippen molar-refractivity contribution in [3.8, 4) is 5.75 Å². The number of likely N-dealkylation sites (N-methyl/N-ethyl adjacent to an activating group) is 1. The molecule has 124 valence electrons. The second-order valence-electron chi connectivity index (χ2n) is 7.00. The Hall–Kier alpha value is -1.55. The molecule has 2 saturated heterocycles. The topological polar surface area (TPSA) is 32.8 Å². The highest BCUT2D eigenvalue weighted by Gasteiger charge is 2.42. The first-order valence-electron chi connectivity index (χ1n) is 9.07. The van der Waals surface area contributed by atoms with E-state index in [1.54, 1.807) is 0 Å². The summed E-state index contributed by atoms with van der Waals surface area (Å²) in [4.78, 5) is 17.8. The predicted octanol–water partition coefficient (Wildman–Crippen LogP) is 2.47. The van der Waals surface area contributed by atoms with E-state index in [1.165, 1.54) is 19.4 Å². The zero-order valence-corrected chi connectivity index (χ0v) is 13.9. The van der Waals surface area contributed by atoms with E-state index in [2.05, 4.69) is 22.8 Å². The van der Waals surface area contributed by atoms with Gasteiger partial charge in [-0.15, -0.1) is 0 Å². The Morgan fingerprint density at radius 2 is 1.96 bits per heavy atom. The van der Waals surface area contributed by atoms with E-state index in [0.29, 0.717) is 12.1 Å². The number of hydrogen-bond acceptors (Lipinski definition) is 3. The number of nitrogens with zero attached hydrogens (tertiary/aromatic N) is 2. The number of ether oxygens (including phenoxy) is 1. The van der Waals surface area contributed by atoms with Gasteiger partial charge in [-0.3, -0.25) is 9.69 Å². The van der Waals surface area contributed by atoms with Gasteiger partial charge in [-0.1, -0.05) is 25.1 Å². The third kappa shape index (κ3) is 2.63. The first-order chi connectivity index (χ1) is 11.3. The van der Waals surface area contributed by atoms with Gasteiger partial charge in [0.05, 0.1) is 0 Å².